The molecule has 0 saturated carbocycles. The Kier molecular flexibility index (Phi) is 6.50. The van der Waals surface area contributed by atoms with Gasteiger partial charge in [0, 0.05) is 9.84 Å². The summed E-state index contributed by atoms with van der Waals surface area (Å²) < 4.78 is 62.2. The molecule has 0 aliphatic heterocycles. The Morgan fingerprint density at radius 1 is 1.06 bits per heavy atom. The van der Waals surface area contributed by atoms with Crippen LogP contribution in [0.2, 0.25) is 0 Å². The van der Waals surface area contributed by atoms with Crippen molar-refractivity contribution >= 4 is 22.6 Å². The molecule has 6 heteroatoms. The molecule has 0 aliphatic rings. The van der Waals surface area contributed by atoms with Gasteiger partial charge < -0.3 is 0 Å². The van der Waals surface area contributed by atoms with E-state index in [-0.39, 0.29) is 6.42 Å². The molecule has 0 heterocycles. The van der Waals surface area contributed by atoms with Crippen LogP contribution in [-0.4, -0.2) is 16.0 Å². The summed E-state index contributed by atoms with van der Waals surface area (Å²) in [5.74, 6) is -6.21. The predicted molar refractivity (Wildman–Crippen MR) is 62.1 cm³/mol. The number of hydrogen-bond acceptors (Lipinski definition) is 0. The number of hydrogen-bond donors (Lipinski definition) is 0. The fraction of sp³-hybridized carbons (Fsp3) is 1.00. The molecule has 0 nitrogen and oxygen atoms in total. The molecule has 0 bridgehead atoms. The van der Waals surface area contributed by atoms with E-state index in [4.69, 9.17) is 0 Å². The molecule has 0 N–H and O–H groups in total. The first-order valence-electron chi connectivity index (χ1n) is 5.27. The second kappa shape index (κ2) is 6.35. The van der Waals surface area contributed by atoms with Crippen molar-refractivity contribution in [1.29, 1.82) is 0 Å². The summed E-state index contributed by atoms with van der Waals surface area (Å²) in [4.78, 5) is 0. The zero-order valence-corrected chi connectivity index (χ0v) is 11.4. The third-order valence-electron chi connectivity index (χ3n) is 2.55. The van der Waals surface area contributed by atoms with Crippen LogP contribution in [0, 0.1) is 5.92 Å². The second-order valence-electron chi connectivity index (χ2n) is 3.79. The summed E-state index contributed by atoms with van der Waals surface area (Å²) in [5, 5.41) is 0. The van der Waals surface area contributed by atoms with E-state index in [2.05, 4.69) is 0 Å². The molecular weight excluding hydrogens is 342 g/mol. The third kappa shape index (κ3) is 4.00. The lowest BCUT2D eigenvalue weighted by Crippen LogP contribution is -2.46. The number of rotatable bonds is 6. The maximum atomic E-state index is 13.1. The van der Waals surface area contributed by atoms with Gasteiger partial charge in [0.1, 0.15) is 0 Å². The number of unbranched alkanes of at least 4 members (excludes halogenated alkanes) is 1. The molecule has 0 saturated heterocycles. The molecule has 16 heavy (non-hydrogen) atoms. The highest BCUT2D eigenvalue weighted by Gasteiger charge is 2.62. The van der Waals surface area contributed by atoms with Crippen LogP contribution in [0.15, 0.2) is 0 Å². The van der Waals surface area contributed by atoms with E-state index in [1.807, 2.05) is 6.92 Å². The average molecular weight is 358 g/mol. The Balaban J connectivity index is 4.71. The zero-order valence-electron chi connectivity index (χ0n) is 9.25. The van der Waals surface area contributed by atoms with Crippen LogP contribution in [0.4, 0.5) is 22.0 Å². The molecule has 2 unspecified atom stereocenters. The summed E-state index contributed by atoms with van der Waals surface area (Å²) in [6, 6.07) is 0. The Labute approximate surface area is 106 Å². The van der Waals surface area contributed by atoms with Gasteiger partial charge in [0.2, 0.25) is 0 Å². The number of halogens is 6. The van der Waals surface area contributed by atoms with Gasteiger partial charge in [-0.25, -0.2) is 0 Å². The van der Waals surface area contributed by atoms with Crippen molar-refractivity contribution in [2.45, 2.75) is 55.6 Å². The van der Waals surface area contributed by atoms with E-state index < -0.39 is 21.9 Å². The lowest BCUT2D eigenvalue weighted by atomic mass is 9.91. The van der Waals surface area contributed by atoms with Gasteiger partial charge in [-0.05, 0) is 12.8 Å². The van der Waals surface area contributed by atoms with Crippen molar-refractivity contribution in [3.8, 4) is 0 Å². The van der Waals surface area contributed by atoms with Gasteiger partial charge in [-0.15, -0.1) is 0 Å². The van der Waals surface area contributed by atoms with Crippen molar-refractivity contribution in [3.05, 3.63) is 0 Å². The van der Waals surface area contributed by atoms with Gasteiger partial charge in [-0.2, -0.15) is 22.0 Å². The lowest BCUT2D eigenvalue weighted by molar-refractivity contribution is -0.302. The molecule has 0 fully saturated rings. The monoisotopic (exact) mass is 358 g/mol. The SMILES string of the molecule is CCCCC(I)C(CC)C(F)(F)C(F)(F)F. The molecule has 0 amide bonds. The van der Waals surface area contributed by atoms with Crippen LogP contribution in [0.1, 0.15) is 39.5 Å². The van der Waals surface area contributed by atoms with E-state index in [0.717, 1.165) is 6.42 Å². The fourth-order valence-electron chi connectivity index (χ4n) is 1.55. The Morgan fingerprint density at radius 2 is 1.56 bits per heavy atom. The summed E-state index contributed by atoms with van der Waals surface area (Å²) in [7, 11) is 0. The fourth-order valence-corrected chi connectivity index (χ4v) is 2.95. The first-order chi connectivity index (χ1) is 7.18. The molecule has 0 rings (SSSR count). The van der Waals surface area contributed by atoms with Crippen LogP contribution in [0.5, 0.6) is 0 Å². The van der Waals surface area contributed by atoms with Gasteiger partial charge >= 0.3 is 12.1 Å². The van der Waals surface area contributed by atoms with Gasteiger partial charge in [0.05, 0.1) is 0 Å². The van der Waals surface area contributed by atoms with Crippen molar-refractivity contribution in [2.24, 2.45) is 5.92 Å². The minimum atomic E-state index is -5.44. The van der Waals surface area contributed by atoms with Gasteiger partial charge in [-0.3, -0.25) is 0 Å². The quantitative estimate of drug-likeness (QED) is 0.348. The largest absolute Gasteiger partial charge is 0.453 e. The van der Waals surface area contributed by atoms with Crippen LogP contribution in [0.3, 0.4) is 0 Å². The molecule has 0 spiro atoms. The predicted octanol–water partition coefficient (Wildman–Crippen LogP) is 5.20. The minimum absolute atomic E-state index is 0.163. The summed E-state index contributed by atoms with van der Waals surface area (Å²) >= 11 is 1.71. The molecule has 98 valence electrons. The average Bonchev–Trinajstić information content (AvgIpc) is 2.13. The molecule has 0 aromatic carbocycles. The number of alkyl halides is 6. The third-order valence-corrected chi connectivity index (χ3v) is 4.04. The smallest absolute Gasteiger partial charge is 0.196 e. The summed E-state index contributed by atoms with van der Waals surface area (Å²) in [5.41, 5.74) is 0. The molecule has 0 aliphatic carbocycles. The van der Waals surface area contributed by atoms with Crippen molar-refractivity contribution in [3.63, 3.8) is 0 Å². The van der Waals surface area contributed by atoms with Gasteiger partial charge in [-0.1, -0.05) is 49.3 Å². The molecular formula is C10H16F5I. The summed E-state index contributed by atoms with van der Waals surface area (Å²) in [6.45, 7) is 3.26. The zero-order chi connectivity index (χ0) is 13.0. The van der Waals surface area contributed by atoms with Crippen molar-refractivity contribution in [1.82, 2.24) is 0 Å². The molecule has 0 aromatic rings. The maximum Gasteiger partial charge on any atom is 0.453 e. The lowest BCUT2D eigenvalue weighted by Gasteiger charge is -2.31. The van der Waals surface area contributed by atoms with E-state index >= 15 is 0 Å². The normalized spacial score (nSPS) is 17.2. The van der Waals surface area contributed by atoms with E-state index in [9.17, 15) is 22.0 Å². The highest BCUT2D eigenvalue weighted by Crippen LogP contribution is 2.46. The maximum absolute atomic E-state index is 13.1. The highest BCUT2D eigenvalue weighted by molar-refractivity contribution is 14.1. The van der Waals surface area contributed by atoms with E-state index in [0.29, 0.717) is 12.8 Å². The first-order valence-corrected chi connectivity index (χ1v) is 6.51. The van der Waals surface area contributed by atoms with Crippen LogP contribution in [-0.2, 0) is 0 Å². The minimum Gasteiger partial charge on any atom is -0.196 e. The van der Waals surface area contributed by atoms with E-state index in [1.165, 1.54) is 6.92 Å². The van der Waals surface area contributed by atoms with Gasteiger partial charge in [0.25, 0.3) is 0 Å². The molecule has 2 atom stereocenters. The van der Waals surface area contributed by atoms with E-state index in [1.54, 1.807) is 22.6 Å². The highest BCUT2D eigenvalue weighted by atomic mass is 127. The topological polar surface area (TPSA) is 0 Å². The first kappa shape index (κ1) is 16.4. The van der Waals surface area contributed by atoms with Crippen LogP contribution >= 0.6 is 22.6 Å². The standard InChI is InChI=1S/C10H16F5I/c1-3-5-6-8(16)7(4-2)9(11,12)10(13,14)15/h7-8H,3-6H2,1-2H3. The van der Waals surface area contributed by atoms with Crippen LogP contribution < -0.4 is 0 Å². The Morgan fingerprint density at radius 3 is 1.88 bits per heavy atom. The van der Waals surface area contributed by atoms with Crippen molar-refractivity contribution < 1.29 is 22.0 Å². The Hall–Kier alpha value is 0.380. The van der Waals surface area contributed by atoms with Crippen LogP contribution in [0.25, 0.3) is 0 Å². The molecule has 0 aromatic heterocycles. The second-order valence-corrected chi connectivity index (χ2v) is 5.39. The summed E-state index contributed by atoms with van der Waals surface area (Å²) in [6.07, 6.45) is -3.72. The Bertz CT molecular complexity index is 202. The van der Waals surface area contributed by atoms with Crippen molar-refractivity contribution in [2.75, 3.05) is 0 Å². The van der Waals surface area contributed by atoms with Gasteiger partial charge in [0.15, 0.2) is 0 Å². The molecule has 0 radical (unpaired) electrons.